The number of para-hydroxylation sites is 2. The summed E-state index contributed by atoms with van der Waals surface area (Å²) in [6.07, 6.45) is 4.65. The van der Waals surface area contributed by atoms with Crippen molar-refractivity contribution in [3.05, 3.63) is 82.4 Å². The summed E-state index contributed by atoms with van der Waals surface area (Å²) in [6, 6.07) is 17.5. The van der Waals surface area contributed by atoms with Crippen LogP contribution in [0.1, 0.15) is 30.0 Å². The molecule has 3 heterocycles. The van der Waals surface area contributed by atoms with E-state index in [1.165, 1.54) is 4.68 Å². The summed E-state index contributed by atoms with van der Waals surface area (Å²) in [7, 11) is 0. The van der Waals surface area contributed by atoms with E-state index in [-0.39, 0.29) is 18.0 Å². The highest BCUT2D eigenvalue weighted by molar-refractivity contribution is 5.95. The number of anilines is 1. The Morgan fingerprint density at radius 3 is 2.61 bits per heavy atom. The molecule has 2 aliphatic rings. The number of hydrogen-bond donors (Lipinski definition) is 0. The molecule has 7 heteroatoms. The maximum Gasteiger partial charge on any atom is 0.293 e. The van der Waals surface area contributed by atoms with Gasteiger partial charge in [-0.3, -0.25) is 9.59 Å². The first-order chi connectivity index (χ1) is 15.2. The van der Waals surface area contributed by atoms with Crippen molar-refractivity contribution >= 4 is 22.5 Å². The average molecular weight is 411 g/mol. The van der Waals surface area contributed by atoms with Crippen LogP contribution < -0.4 is 10.5 Å². The second-order valence-electron chi connectivity index (χ2n) is 8.20. The highest BCUT2D eigenvalue weighted by Crippen LogP contribution is 2.41. The van der Waals surface area contributed by atoms with Gasteiger partial charge in [0.2, 0.25) is 5.91 Å². The molecule has 0 saturated heterocycles. The largest absolute Gasteiger partial charge is 0.310 e. The van der Waals surface area contributed by atoms with Gasteiger partial charge in [-0.15, -0.1) is 0 Å². The first-order valence-electron chi connectivity index (χ1n) is 10.6. The lowest BCUT2D eigenvalue weighted by Crippen LogP contribution is -2.37. The van der Waals surface area contributed by atoms with Gasteiger partial charge in [-0.2, -0.15) is 10.2 Å². The topological polar surface area (TPSA) is 73.0 Å². The molecule has 31 heavy (non-hydrogen) atoms. The third kappa shape index (κ3) is 2.96. The lowest BCUT2D eigenvalue weighted by Gasteiger charge is -2.18. The molecule has 0 atom stereocenters. The van der Waals surface area contributed by atoms with Gasteiger partial charge >= 0.3 is 0 Å². The number of benzene rings is 2. The molecule has 4 aromatic rings. The van der Waals surface area contributed by atoms with Crippen LogP contribution in [-0.2, 0) is 17.8 Å². The summed E-state index contributed by atoms with van der Waals surface area (Å²) >= 11 is 0. The average Bonchev–Trinajstić information content (AvgIpc) is 3.39. The minimum atomic E-state index is -0.290. The molecule has 6 rings (SSSR count). The molecule has 0 radical (unpaired) electrons. The number of carbonyl (C=O) groups is 1. The van der Waals surface area contributed by atoms with E-state index in [4.69, 9.17) is 0 Å². The molecule has 2 aromatic heterocycles. The Hall–Kier alpha value is -3.74. The van der Waals surface area contributed by atoms with E-state index in [1.54, 1.807) is 15.8 Å². The Kier molecular flexibility index (Phi) is 4.02. The summed E-state index contributed by atoms with van der Waals surface area (Å²) in [4.78, 5) is 28.4. The fraction of sp³-hybridized carbons (Fsp3) is 0.250. The molecule has 1 aliphatic carbocycles. The van der Waals surface area contributed by atoms with Crippen LogP contribution in [0.5, 0.6) is 0 Å². The smallest absolute Gasteiger partial charge is 0.293 e. The van der Waals surface area contributed by atoms with Crippen molar-refractivity contribution in [1.29, 1.82) is 0 Å². The zero-order chi connectivity index (χ0) is 20.9. The summed E-state index contributed by atoms with van der Waals surface area (Å²) in [6.45, 7) is 0.551. The Morgan fingerprint density at radius 1 is 1.03 bits per heavy atom. The van der Waals surface area contributed by atoms with E-state index in [2.05, 4.69) is 10.2 Å². The molecule has 7 nitrogen and oxygen atoms in total. The molecule has 1 fully saturated rings. The summed E-state index contributed by atoms with van der Waals surface area (Å²) in [5, 5.41) is 9.92. The molecule has 0 spiro atoms. The number of aromatic nitrogens is 4. The number of nitrogens with zero attached hydrogens (tertiary/aromatic N) is 5. The number of hydrogen-bond acceptors (Lipinski definition) is 4. The van der Waals surface area contributed by atoms with E-state index in [1.807, 2.05) is 54.6 Å². The highest BCUT2D eigenvalue weighted by atomic mass is 16.2. The van der Waals surface area contributed by atoms with Crippen LogP contribution in [0.25, 0.3) is 16.6 Å². The van der Waals surface area contributed by atoms with Gasteiger partial charge in [-0.1, -0.05) is 36.4 Å². The SMILES string of the molecule is O=C(Cn1nc(C2CC2)c2cnn(-c3ccccc3)c2c1=O)N1CCc2ccccc21. The minimum Gasteiger partial charge on any atom is -0.310 e. The van der Waals surface area contributed by atoms with Crippen molar-refractivity contribution in [2.24, 2.45) is 0 Å². The summed E-state index contributed by atoms with van der Waals surface area (Å²) < 4.78 is 3.00. The van der Waals surface area contributed by atoms with Gasteiger partial charge in [0.15, 0.2) is 0 Å². The third-order valence-corrected chi connectivity index (χ3v) is 6.15. The van der Waals surface area contributed by atoms with Crippen molar-refractivity contribution in [1.82, 2.24) is 19.6 Å². The van der Waals surface area contributed by atoms with E-state index < -0.39 is 0 Å². The highest BCUT2D eigenvalue weighted by Gasteiger charge is 2.31. The fourth-order valence-electron chi connectivity index (χ4n) is 4.43. The van der Waals surface area contributed by atoms with Gasteiger partial charge in [0, 0.05) is 23.5 Å². The predicted octanol–water partition coefficient (Wildman–Crippen LogP) is 3.05. The monoisotopic (exact) mass is 411 g/mol. The maximum absolute atomic E-state index is 13.4. The molecule has 1 aliphatic heterocycles. The molecule has 0 N–H and O–H groups in total. The van der Waals surface area contributed by atoms with Crippen molar-refractivity contribution in [3.63, 3.8) is 0 Å². The number of carbonyl (C=O) groups excluding carboxylic acids is 1. The first-order valence-corrected chi connectivity index (χ1v) is 10.6. The molecule has 1 amide bonds. The van der Waals surface area contributed by atoms with Crippen LogP contribution in [-0.4, -0.2) is 32.0 Å². The Morgan fingerprint density at radius 2 is 1.81 bits per heavy atom. The van der Waals surface area contributed by atoms with E-state index in [0.717, 1.165) is 47.3 Å². The van der Waals surface area contributed by atoms with Gasteiger partial charge in [-0.25, -0.2) is 9.36 Å². The van der Waals surface area contributed by atoms with E-state index >= 15 is 0 Å². The molecule has 2 aromatic carbocycles. The van der Waals surface area contributed by atoms with Crippen LogP contribution in [0.3, 0.4) is 0 Å². The molecule has 0 unspecified atom stereocenters. The second kappa shape index (κ2) is 6.91. The second-order valence-corrected chi connectivity index (χ2v) is 8.20. The number of amides is 1. The maximum atomic E-state index is 13.4. The van der Waals surface area contributed by atoms with Crippen LogP contribution in [0.15, 0.2) is 65.6 Å². The van der Waals surface area contributed by atoms with Crippen LogP contribution in [0, 0.1) is 0 Å². The Balaban J connectivity index is 1.44. The molecule has 0 bridgehead atoms. The Labute approximate surface area is 178 Å². The van der Waals surface area contributed by atoms with Gasteiger partial charge < -0.3 is 4.90 Å². The standard InChI is InChI=1S/C24H21N5O2/c30-21(27-13-12-16-6-4-5-9-20(16)27)15-28-24(31)23-19(22(26-28)17-10-11-17)14-25-29(23)18-7-2-1-3-8-18/h1-9,14,17H,10-13,15H2. The van der Waals surface area contributed by atoms with Crippen molar-refractivity contribution in [2.75, 3.05) is 11.4 Å². The van der Waals surface area contributed by atoms with Gasteiger partial charge in [0.1, 0.15) is 12.1 Å². The summed E-state index contributed by atoms with van der Waals surface area (Å²) in [5.41, 5.74) is 3.96. The zero-order valence-electron chi connectivity index (χ0n) is 16.9. The van der Waals surface area contributed by atoms with Gasteiger partial charge in [-0.05, 0) is 43.0 Å². The van der Waals surface area contributed by atoms with Gasteiger partial charge in [0.25, 0.3) is 5.56 Å². The first kappa shape index (κ1) is 18.1. The lowest BCUT2D eigenvalue weighted by atomic mass is 10.2. The van der Waals surface area contributed by atoms with Crippen LogP contribution in [0.2, 0.25) is 0 Å². The quantitative estimate of drug-likeness (QED) is 0.517. The van der Waals surface area contributed by atoms with Crippen molar-refractivity contribution < 1.29 is 4.79 Å². The van der Waals surface area contributed by atoms with Crippen LogP contribution >= 0.6 is 0 Å². The summed E-state index contributed by atoms with van der Waals surface area (Å²) in [5.74, 6) is 0.205. The lowest BCUT2D eigenvalue weighted by molar-refractivity contribution is -0.119. The fourth-order valence-corrected chi connectivity index (χ4v) is 4.43. The van der Waals surface area contributed by atoms with Crippen molar-refractivity contribution in [2.45, 2.75) is 31.7 Å². The van der Waals surface area contributed by atoms with Gasteiger partial charge in [0.05, 0.1) is 17.6 Å². The minimum absolute atomic E-state index is 0.0806. The molecule has 154 valence electrons. The normalized spacial score (nSPS) is 15.4. The third-order valence-electron chi connectivity index (χ3n) is 6.15. The van der Waals surface area contributed by atoms with Crippen LogP contribution in [0.4, 0.5) is 5.69 Å². The predicted molar refractivity (Wildman–Crippen MR) is 118 cm³/mol. The van der Waals surface area contributed by atoms with E-state index in [0.29, 0.717) is 18.0 Å². The molecular weight excluding hydrogens is 390 g/mol. The molecular formula is C24H21N5O2. The van der Waals surface area contributed by atoms with Crippen molar-refractivity contribution in [3.8, 4) is 5.69 Å². The number of rotatable bonds is 4. The molecule has 1 saturated carbocycles. The number of fused-ring (bicyclic) bond motifs is 2. The zero-order valence-corrected chi connectivity index (χ0v) is 16.9. The van der Waals surface area contributed by atoms with E-state index in [9.17, 15) is 9.59 Å². The Bertz CT molecular complexity index is 1370.